The largest absolute Gasteiger partial charge is 0.289 e. The first kappa shape index (κ1) is 8.95. The number of rotatable bonds is 2. The number of allylic oxidation sites excluding steroid dienone is 4. The fourth-order valence-corrected chi connectivity index (χ4v) is 1.76. The summed E-state index contributed by atoms with van der Waals surface area (Å²) in [6, 6.07) is 8.06. The molecule has 0 saturated heterocycles. The molecule has 1 aromatic rings. The predicted octanol–water partition coefficient (Wildman–Crippen LogP) is 2.77. The van der Waals surface area contributed by atoms with Crippen molar-refractivity contribution in [2.75, 3.05) is 0 Å². The molecule has 0 N–H and O–H groups in total. The van der Waals surface area contributed by atoms with Crippen LogP contribution in [0.3, 0.4) is 0 Å². The standard InChI is InChI=1S/C13H12O/c1-2-5-13(14)12-9-8-10-6-3-4-7-11(10)12/h2-7,9H,8H2,1H3/b5-2-. The van der Waals surface area contributed by atoms with Gasteiger partial charge in [0.1, 0.15) is 0 Å². The van der Waals surface area contributed by atoms with Gasteiger partial charge in [-0.1, -0.05) is 36.4 Å². The number of benzene rings is 1. The number of ketones is 1. The van der Waals surface area contributed by atoms with Crippen LogP contribution < -0.4 is 0 Å². The van der Waals surface area contributed by atoms with Gasteiger partial charge in [-0.15, -0.1) is 0 Å². The fourth-order valence-electron chi connectivity index (χ4n) is 1.76. The fraction of sp³-hybridized carbons (Fsp3) is 0.154. The normalized spacial score (nSPS) is 14.2. The summed E-state index contributed by atoms with van der Waals surface area (Å²) in [6.07, 6.45) is 6.29. The van der Waals surface area contributed by atoms with Crippen LogP contribution in [0, 0.1) is 0 Å². The minimum absolute atomic E-state index is 0.109. The van der Waals surface area contributed by atoms with Crippen molar-refractivity contribution in [3.8, 4) is 0 Å². The van der Waals surface area contributed by atoms with E-state index in [1.807, 2.05) is 31.2 Å². The van der Waals surface area contributed by atoms with E-state index in [0.29, 0.717) is 0 Å². The zero-order chi connectivity index (χ0) is 9.97. The second-order valence-electron chi connectivity index (χ2n) is 3.34. The SMILES string of the molecule is C/C=C\C(=O)C1=CCc2ccccc21. The summed E-state index contributed by atoms with van der Waals surface area (Å²) < 4.78 is 0. The molecular weight excluding hydrogens is 172 g/mol. The van der Waals surface area contributed by atoms with Crippen LogP contribution in [0.15, 0.2) is 42.5 Å². The van der Waals surface area contributed by atoms with Gasteiger partial charge in [0, 0.05) is 5.57 Å². The summed E-state index contributed by atoms with van der Waals surface area (Å²) in [7, 11) is 0. The first-order chi connectivity index (χ1) is 6.83. The van der Waals surface area contributed by atoms with E-state index < -0.39 is 0 Å². The van der Waals surface area contributed by atoms with E-state index >= 15 is 0 Å². The Labute approximate surface area is 83.8 Å². The lowest BCUT2D eigenvalue weighted by atomic mass is 10.0. The molecule has 0 amide bonds. The molecule has 0 spiro atoms. The van der Waals surface area contributed by atoms with E-state index in [0.717, 1.165) is 17.6 Å². The molecule has 0 aromatic heterocycles. The van der Waals surface area contributed by atoms with Crippen molar-refractivity contribution in [1.82, 2.24) is 0 Å². The van der Waals surface area contributed by atoms with Gasteiger partial charge in [0.15, 0.2) is 5.78 Å². The van der Waals surface area contributed by atoms with Crippen molar-refractivity contribution in [3.05, 3.63) is 53.6 Å². The second-order valence-corrected chi connectivity index (χ2v) is 3.34. The van der Waals surface area contributed by atoms with E-state index in [1.54, 1.807) is 12.2 Å². The van der Waals surface area contributed by atoms with Crippen LogP contribution in [-0.2, 0) is 11.2 Å². The maximum atomic E-state index is 11.7. The molecule has 0 radical (unpaired) electrons. The molecular formula is C13H12O. The van der Waals surface area contributed by atoms with E-state index in [1.165, 1.54) is 5.56 Å². The van der Waals surface area contributed by atoms with Crippen LogP contribution in [0.4, 0.5) is 0 Å². The molecule has 1 aliphatic carbocycles. The van der Waals surface area contributed by atoms with Gasteiger partial charge in [0.2, 0.25) is 0 Å². The van der Waals surface area contributed by atoms with Crippen molar-refractivity contribution < 1.29 is 4.79 Å². The predicted molar refractivity (Wildman–Crippen MR) is 57.9 cm³/mol. The van der Waals surface area contributed by atoms with Gasteiger partial charge < -0.3 is 0 Å². The van der Waals surface area contributed by atoms with Crippen LogP contribution in [0.25, 0.3) is 5.57 Å². The van der Waals surface area contributed by atoms with Crippen molar-refractivity contribution >= 4 is 11.4 Å². The molecule has 0 aliphatic heterocycles. The van der Waals surface area contributed by atoms with E-state index in [9.17, 15) is 4.79 Å². The maximum absolute atomic E-state index is 11.7. The van der Waals surface area contributed by atoms with Gasteiger partial charge >= 0.3 is 0 Å². The third-order valence-electron chi connectivity index (χ3n) is 2.42. The summed E-state index contributed by atoms with van der Waals surface area (Å²) >= 11 is 0. The second kappa shape index (κ2) is 3.62. The Morgan fingerprint density at radius 2 is 2.14 bits per heavy atom. The molecule has 0 unspecified atom stereocenters. The van der Waals surface area contributed by atoms with Gasteiger partial charge in [-0.2, -0.15) is 0 Å². The Bertz CT molecular complexity index is 425. The summed E-state index contributed by atoms with van der Waals surface area (Å²) in [6.45, 7) is 1.86. The van der Waals surface area contributed by atoms with Crippen molar-refractivity contribution in [2.24, 2.45) is 0 Å². The Morgan fingerprint density at radius 3 is 2.93 bits per heavy atom. The van der Waals surface area contributed by atoms with Gasteiger partial charge in [-0.3, -0.25) is 4.79 Å². The topological polar surface area (TPSA) is 17.1 Å². The Hall–Kier alpha value is -1.63. The van der Waals surface area contributed by atoms with Crippen LogP contribution in [-0.4, -0.2) is 5.78 Å². The Morgan fingerprint density at radius 1 is 1.36 bits per heavy atom. The average Bonchev–Trinajstić information content (AvgIpc) is 2.61. The van der Waals surface area contributed by atoms with Crippen molar-refractivity contribution in [1.29, 1.82) is 0 Å². The highest BCUT2D eigenvalue weighted by atomic mass is 16.1. The highest BCUT2D eigenvalue weighted by Gasteiger charge is 2.16. The summed E-state index contributed by atoms with van der Waals surface area (Å²) in [5.74, 6) is 0.109. The molecule has 14 heavy (non-hydrogen) atoms. The van der Waals surface area contributed by atoms with Crippen molar-refractivity contribution in [2.45, 2.75) is 13.3 Å². The van der Waals surface area contributed by atoms with Gasteiger partial charge in [-0.05, 0) is 30.5 Å². The first-order valence-electron chi connectivity index (χ1n) is 4.78. The lowest BCUT2D eigenvalue weighted by Crippen LogP contribution is -1.95. The van der Waals surface area contributed by atoms with Crippen LogP contribution in [0.1, 0.15) is 18.1 Å². The quantitative estimate of drug-likeness (QED) is 0.646. The summed E-state index contributed by atoms with van der Waals surface area (Å²) in [5, 5.41) is 0. The van der Waals surface area contributed by atoms with Crippen molar-refractivity contribution in [3.63, 3.8) is 0 Å². The molecule has 1 aromatic carbocycles. The highest BCUT2D eigenvalue weighted by Crippen LogP contribution is 2.27. The van der Waals surface area contributed by atoms with E-state index in [4.69, 9.17) is 0 Å². The molecule has 0 bridgehead atoms. The zero-order valence-corrected chi connectivity index (χ0v) is 8.16. The van der Waals surface area contributed by atoms with Crippen LogP contribution >= 0.6 is 0 Å². The Kier molecular flexibility index (Phi) is 2.32. The van der Waals surface area contributed by atoms with Crippen LogP contribution in [0.5, 0.6) is 0 Å². The molecule has 1 nitrogen and oxygen atoms in total. The molecule has 1 heteroatoms. The molecule has 0 heterocycles. The molecule has 70 valence electrons. The average molecular weight is 184 g/mol. The summed E-state index contributed by atoms with van der Waals surface area (Å²) in [5.41, 5.74) is 3.19. The lowest BCUT2D eigenvalue weighted by molar-refractivity contribution is -0.109. The number of carbonyl (C=O) groups excluding carboxylic acids is 1. The zero-order valence-electron chi connectivity index (χ0n) is 8.16. The van der Waals surface area contributed by atoms with E-state index in [-0.39, 0.29) is 5.78 Å². The number of hydrogen-bond acceptors (Lipinski definition) is 1. The minimum Gasteiger partial charge on any atom is -0.289 e. The maximum Gasteiger partial charge on any atom is 0.185 e. The third kappa shape index (κ3) is 1.41. The molecule has 0 atom stereocenters. The number of carbonyl (C=O) groups is 1. The third-order valence-corrected chi connectivity index (χ3v) is 2.42. The van der Waals surface area contributed by atoms with Crippen LogP contribution in [0.2, 0.25) is 0 Å². The summed E-state index contributed by atoms with van der Waals surface area (Å²) in [4.78, 5) is 11.7. The molecule has 0 saturated carbocycles. The van der Waals surface area contributed by atoms with E-state index in [2.05, 4.69) is 6.07 Å². The first-order valence-corrected chi connectivity index (χ1v) is 4.78. The highest BCUT2D eigenvalue weighted by molar-refractivity contribution is 6.27. The smallest absolute Gasteiger partial charge is 0.185 e. The lowest BCUT2D eigenvalue weighted by Gasteiger charge is -2.00. The number of fused-ring (bicyclic) bond motifs is 1. The molecule has 0 fully saturated rings. The minimum atomic E-state index is 0.109. The van der Waals surface area contributed by atoms with Gasteiger partial charge in [-0.25, -0.2) is 0 Å². The number of hydrogen-bond donors (Lipinski definition) is 0. The Balaban J connectivity index is 2.38. The van der Waals surface area contributed by atoms with Gasteiger partial charge in [0.05, 0.1) is 0 Å². The molecule has 1 aliphatic rings. The monoisotopic (exact) mass is 184 g/mol. The van der Waals surface area contributed by atoms with Gasteiger partial charge in [0.25, 0.3) is 0 Å². The molecule has 2 rings (SSSR count).